The zero-order valence-corrected chi connectivity index (χ0v) is 15.2. The Morgan fingerprint density at radius 3 is 2.84 bits per heavy atom. The molecule has 2 rings (SSSR count). The van der Waals surface area contributed by atoms with Crippen LogP contribution in [0.15, 0.2) is 23.2 Å². The highest BCUT2D eigenvalue weighted by Crippen LogP contribution is 2.25. The number of alkyl halides is 2. The van der Waals surface area contributed by atoms with Gasteiger partial charge in [-0.25, -0.2) is 13.4 Å². The summed E-state index contributed by atoms with van der Waals surface area (Å²) < 4.78 is 52.5. The SMILES string of the molecule is CCNC(=NCc1cc(Cl)ccc1OC(F)F)NC1CCS(=O)(=O)C1. The van der Waals surface area contributed by atoms with Crippen LogP contribution < -0.4 is 15.4 Å². The van der Waals surface area contributed by atoms with E-state index < -0.39 is 16.4 Å². The number of nitrogens with one attached hydrogen (secondary N) is 2. The fourth-order valence-electron chi connectivity index (χ4n) is 2.47. The molecule has 0 radical (unpaired) electrons. The standard InChI is InChI=1S/C15H20ClF2N3O3S/c1-2-19-15(21-12-5-6-25(22,23)9-12)20-8-10-7-11(16)3-4-13(10)24-14(17)18/h3-4,7,12,14H,2,5-6,8-9H2,1H3,(H2,19,20,21). The molecule has 1 fully saturated rings. The van der Waals surface area contributed by atoms with Gasteiger partial charge in [-0.1, -0.05) is 11.6 Å². The van der Waals surface area contributed by atoms with E-state index in [1.165, 1.54) is 18.2 Å². The minimum Gasteiger partial charge on any atom is -0.434 e. The third-order valence-electron chi connectivity index (χ3n) is 3.56. The minimum atomic E-state index is -3.02. The van der Waals surface area contributed by atoms with Gasteiger partial charge in [0.15, 0.2) is 15.8 Å². The van der Waals surface area contributed by atoms with Gasteiger partial charge in [0, 0.05) is 23.2 Å². The maximum atomic E-state index is 12.5. The second-order valence-electron chi connectivity index (χ2n) is 5.57. The molecule has 0 amide bonds. The van der Waals surface area contributed by atoms with Crippen LogP contribution >= 0.6 is 11.6 Å². The van der Waals surface area contributed by atoms with Crippen LogP contribution in [-0.2, 0) is 16.4 Å². The topological polar surface area (TPSA) is 79.8 Å². The molecule has 1 saturated heterocycles. The summed E-state index contributed by atoms with van der Waals surface area (Å²) in [5, 5.41) is 6.44. The van der Waals surface area contributed by atoms with Gasteiger partial charge in [0.05, 0.1) is 18.1 Å². The molecular formula is C15H20ClF2N3O3S. The third-order valence-corrected chi connectivity index (χ3v) is 5.57. The summed E-state index contributed by atoms with van der Waals surface area (Å²) in [6.45, 7) is -0.453. The number of halogens is 3. The minimum absolute atomic E-state index is 0.00226. The van der Waals surface area contributed by atoms with Crippen LogP contribution in [-0.4, -0.2) is 45.1 Å². The van der Waals surface area contributed by atoms with Gasteiger partial charge >= 0.3 is 6.61 Å². The Kier molecular flexibility index (Phi) is 6.83. The van der Waals surface area contributed by atoms with Crippen molar-refractivity contribution in [1.29, 1.82) is 0 Å². The van der Waals surface area contributed by atoms with Gasteiger partial charge in [-0.2, -0.15) is 8.78 Å². The lowest BCUT2D eigenvalue weighted by atomic mass is 10.2. The zero-order valence-electron chi connectivity index (χ0n) is 13.6. The lowest BCUT2D eigenvalue weighted by Gasteiger charge is -2.16. The van der Waals surface area contributed by atoms with Crippen molar-refractivity contribution in [3.63, 3.8) is 0 Å². The number of ether oxygens (including phenoxy) is 1. The third kappa shape index (κ3) is 6.32. The van der Waals surface area contributed by atoms with Crippen molar-refractivity contribution < 1.29 is 21.9 Å². The Labute approximate surface area is 150 Å². The summed E-state index contributed by atoms with van der Waals surface area (Å²) in [4.78, 5) is 4.32. The molecule has 140 valence electrons. The number of sulfone groups is 1. The van der Waals surface area contributed by atoms with Crippen LogP contribution in [0.2, 0.25) is 5.02 Å². The Morgan fingerprint density at radius 2 is 2.24 bits per heavy atom. The highest BCUT2D eigenvalue weighted by molar-refractivity contribution is 7.91. The van der Waals surface area contributed by atoms with E-state index in [1.54, 1.807) is 0 Å². The Morgan fingerprint density at radius 1 is 1.48 bits per heavy atom. The lowest BCUT2D eigenvalue weighted by molar-refractivity contribution is -0.0504. The number of benzene rings is 1. The molecule has 1 aromatic rings. The van der Waals surface area contributed by atoms with Crippen LogP contribution in [0.3, 0.4) is 0 Å². The van der Waals surface area contributed by atoms with Crippen molar-refractivity contribution in [3.05, 3.63) is 28.8 Å². The van der Waals surface area contributed by atoms with Crippen LogP contribution in [0.5, 0.6) is 5.75 Å². The first-order valence-electron chi connectivity index (χ1n) is 7.77. The van der Waals surface area contributed by atoms with E-state index in [0.29, 0.717) is 29.5 Å². The van der Waals surface area contributed by atoms with Crippen LogP contribution in [0.1, 0.15) is 18.9 Å². The quantitative estimate of drug-likeness (QED) is 0.570. The summed E-state index contributed by atoms with van der Waals surface area (Å²) in [5.74, 6) is 0.606. The molecule has 1 aliphatic heterocycles. The predicted octanol–water partition coefficient (Wildman–Crippen LogP) is 2.18. The smallest absolute Gasteiger partial charge is 0.387 e. The van der Waals surface area contributed by atoms with E-state index in [0.717, 1.165) is 0 Å². The van der Waals surface area contributed by atoms with E-state index in [-0.39, 0.29) is 29.8 Å². The summed E-state index contributed by atoms with van der Waals surface area (Å²) in [7, 11) is -3.02. The molecule has 1 aliphatic rings. The molecule has 25 heavy (non-hydrogen) atoms. The normalized spacial score (nSPS) is 19.9. The van der Waals surface area contributed by atoms with Crippen LogP contribution in [0.4, 0.5) is 8.78 Å². The number of aliphatic imine (C=N–C) groups is 1. The number of nitrogens with zero attached hydrogens (tertiary/aromatic N) is 1. The number of hydrogen-bond acceptors (Lipinski definition) is 4. The fraction of sp³-hybridized carbons (Fsp3) is 0.533. The van der Waals surface area contributed by atoms with Crippen molar-refractivity contribution in [1.82, 2.24) is 10.6 Å². The molecule has 6 nitrogen and oxygen atoms in total. The molecule has 10 heteroatoms. The van der Waals surface area contributed by atoms with Gasteiger partial charge in [0.2, 0.25) is 0 Å². The molecule has 1 unspecified atom stereocenters. The average molecular weight is 396 g/mol. The second kappa shape index (κ2) is 8.66. The molecule has 0 aliphatic carbocycles. The zero-order chi connectivity index (χ0) is 18.4. The molecule has 0 bridgehead atoms. The second-order valence-corrected chi connectivity index (χ2v) is 8.24. The van der Waals surface area contributed by atoms with Gasteiger partial charge in [-0.05, 0) is 31.5 Å². The van der Waals surface area contributed by atoms with Gasteiger partial charge in [0.1, 0.15) is 5.75 Å². The first-order chi connectivity index (χ1) is 11.8. The van der Waals surface area contributed by atoms with Crippen molar-refractivity contribution in [3.8, 4) is 5.75 Å². The number of guanidine groups is 1. The van der Waals surface area contributed by atoms with Crippen LogP contribution in [0, 0.1) is 0 Å². The number of rotatable bonds is 6. The van der Waals surface area contributed by atoms with E-state index in [4.69, 9.17) is 11.6 Å². The fourth-order valence-corrected chi connectivity index (χ4v) is 4.34. The first-order valence-corrected chi connectivity index (χ1v) is 9.97. The molecule has 2 N–H and O–H groups in total. The van der Waals surface area contributed by atoms with Crippen LogP contribution in [0.25, 0.3) is 0 Å². The summed E-state index contributed by atoms with van der Waals surface area (Å²) >= 11 is 5.91. The maximum Gasteiger partial charge on any atom is 0.387 e. The van der Waals surface area contributed by atoms with Gasteiger partial charge in [-0.3, -0.25) is 0 Å². The molecule has 1 atom stereocenters. The highest BCUT2D eigenvalue weighted by Gasteiger charge is 2.28. The summed E-state index contributed by atoms with van der Waals surface area (Å²) in [6, 6.07) is 4.11. The van der Waals surface area contributed by atoms with Gasteiger partial charge < -0.3 is 15.4 Å². The van der Waals surface area contributed by atoms with E-state index in [2.05, 4.69) is 20.4 Å². The predicted molar refractivity (Wildman–Crippen MR) is 93.1 cm³/mol. The summed E-state index contributed by atoms with van der Waals surface area (Å²) in [6.07, 6.45) is 0.504. The molecule has 0 saturated carbocycles. The van der Waals surface area contributed by atoms with E-state index in [9.17, 15) is 17.2 Å². The van der Waals surface area contributed by atoms with Crippen molar-refractivity contribution in [2.24, 2.45) is 4.99 Å². The molecule has 1 aromatic carbocycles. The van der Waals surface area contributed by atoms with Crippen molar-refractivity contribution >= 4 is 27.4 Å². The van der Waals surface area contributed by atoms with Gasteiger partial charge in [0.25, 0.3) is 0 Å². The monoisotopic (exact) mass is 395 g/mol. The van der Waals surface area contributed by atoms with E-state index in [1.807, 2.05) is 6.92 Å². The highest BCUT2D eigenvalue weighted by atomic mass is 35.5. The largest absolute Gasteiger partial charge is 0.434 e. The Bertz CT molecular complexity index is 729. The molecular weight excluding hydrogens is 376 g/mol. The lowest BCUT2D eigenvalue weighted by Crippen LogP contribution is -2.44. The molecule has 1 heterocycles. The summed E-state index contributed by atoms with van der Waals surface area (Å²) in [5.41, 5.74) is 0.407. The van der Waals surface area contributed by atoms with E-state index >= 15 is 0 Å². The molecule has 0 spiro atoms. The Balaban J connectivity index is 2.11. The molecule has 0 aromatic heterocycles. The van der Waals surface area contributed by atoms with Crippen molar-refractivity contribution in [2.75, 3.05) is 18.1 Å². The van der Waals surface area contributed by atoms with Crippen molar-refractivity contribution in [2.45, 2.75) is 32.5 Å². The number of hydrogen-bond donors (Lipinski definition) is 2. The van der Waals surface area contributed by atoms with Gasteiger partial charge in [-0.15, -0.1) is 0 Å². The Hall–Kier alpha value is -1.61. The maximum absolute atomic E-state index is 12.5. The average Bonchev–Trinajstić information content (AvgIpc) is 2.86. The first kappa shape index (κ1) is 19.7.